The molecule has 2 aromatic heterocycles. The van der Waals surface area contributed by atoms with E-state index in [1.54, 1.807) is 18.5 Å². The molecular weight excluding hydrogens is 422 g/mol. The summed E-state index contributed by atoms with van der Waals surface area (Å²) < 4.78 is 10.1. The van der Waals surface area contributed by atoms with Gasteiger partial charge in [-0.1, -0.05) is 4.49 Å². The summed E-state index contributed by atoms with van der Waals surface area (Å²) in [5.74, 6) is -1.38. The molecular formula is C15H13N7O5S2. The highest BCUT2D eigenvalue weighted by Gasteiger charge is 2.23. The average Bonchev–Trinajstić information content (AvgIpc) is 3.31. The van der Waals surface area contributed by atoms with Crippen LogP contribution in [0.1, 0.15) is 27.8 Å². The highest BCUT2D eigenvalue weighted by Crippen LogP contribution is 2.34. The Bertz CT molecular complexity index is 1080. The quantitative estimate of drug-likeness (QED) is 0.331. The molecule has 0 aliphatic heterocycles. The normalized spacial score (nSPS) is 10.6. The molecule has 0 atom stereocenters. The molecule has 0 radical (unpaired) electrons. The molecule has 3 aromatic rings. The largest absolute Gasteiger partial charge is 0.461 e. The van der Waals surface area contributed by atoms with Crippen LogP contribution in [0.5, 0.6) is 0 Å². The van der Waals surface area contributed by atoms with Gasteiger partial charge >= 0.3 is 5.97 Å². The van der Waals surface area contributed by atoms with E-state index in [0.717, 1.165) is 29.4 Å². The molecule has 0 aliphatic carbocycles. The molecule has 12 nitrogen and oxygen atoms in total. The minimum Gasteiger partial charge on any atom is -0.461 e. The van der Waals surface area contributed by atoms with Crippen LogP contribution in [-0.4, -0.2) is 47.8 Å². The lowest BCUT2D eigenvalue weighted by atomic mass is 10.2. The summed E-state index contributed by atoms with van der Waals surface area (Å²) in [6, 6.07) is 4.02. The van der Waals surface area contributed by atoms with Crippen molar-refractivity contribution >= 4 is 45.9 Å². The second-order valence-corrected chi connectivity index (χ2v) is 7.15. The third-order valence-electron chi connectivity index (χ3n) is 3.47. The number of nitro benzene ring substituents is 1. The van der Waals surface area contributed by atoms with Gasteiger partial charge in [0, 0.05) is 30.2 Å². The topological polar surface area (TPSA) is 155 Å². The first kappa shape index (κ1) is 20.3. The van der Waals surface area contributed by atoms with Crippen LogP contribution < -0.4 is 5.32 Å². The summed E-state index contributed by atoms with van der Waals surface area (Å²) in [5, 5.41) is 25.8. The number of benzene rings is 1. The Kier molecular flexibility index (Phi) is 6.13. The number of hydrogen-bond donors (Lipinski definition) is 1. The van der Waals surface area contributed by atoms with Gasteiger partial charge < -0.3 is 14.6 Å². The maximum absolute atomic E-state index is 12.5. The van der Waals surface area contributed by atoms with Gasteiger partial charge in [0.1, 0.15) is 6.33 Å². The number of anilines is 1. The van der Waals surface area contributed by atoms with Crippen LogP contribution in [0.25, 0.3) is 0 Å². The smallest absolute Gasteiger partial charge is 0.362 e. The first-order chi connectivity index (χ1) is 13.9. The van der Waals surface area contributed by atoms with Gasteiger partial charge in [-0.25, -0.2) is 4.79 Å². The summed E-state index contributed by atoms with van der Waals surface area (Å²) in [5.41, 5.74) is -0.366. The zero-order chi connectivity index (χ0) is 21.0. The Morgan fingerprint density at radius 3 is 2.83 bits per heavy atom. The molecule has 150 valence electrons. The molecule has 1 amide bonds. The summed E-state index contributed by atoms with van der Waals surface area (Å²) in [4.78, 5) is 35.6. The van der Waals surface area contributed by atoms with Gasteiger partial charge in [0.05, 0.1) is 16.4 Å². The van der Waals surface area contributed by atoms with Crippen molar-refractivity contribution < 1.29 is 19.2 Å². The van der Waals surface area contributed by atoms with Crippen LogP contribution >= 0.6 is 23.3 Å². The van der Waals surface area contributed by atoms with Crippen LogP contribution in [0.2, 0.25) is 0 Å². The molecule has 3 rings (SSSR count). The van der Waals surface area contributed by atoms with Crippen molar-refractivity contribution in [2.45, 2.75) is 17.0 Å². The lowest BCUT2D eigenvalue weighted by Gasteiger charge is -2.06. The number of hydrogen-bond acceptors (Lipinski definition) is 11. The number of carbonyl (C=O) groups is 2. The molecule has 0 fully saturated rings. The van der Waals surface area contributed by atoms with Crippen molar-refractivity contribution in [3.63, 3.8) is 0 Å². The van der Waals surface area contributed by atoms with Gasteiger partial charge in [-0.2, -0.15) is 0 Å². The molecule has 14 heteroatoms. The van der Waals surface area contributed by atoms with E-state index >= 15 is 0 Å². The number of nitrogens with zero attached hydrogens (tertiary/aromatic N) is 6. The van der Waals surface area contributed by atoms with E-state index in [0.29, 0.717) is 10.1 Å². The molecule has 29 heavy (non-hydrogen) atoms. The lowest BCUT2D eigenvalue weighted by Crippen LogP contribution is -2.15. The van der Waals surface area contributed by atoms with Crippen LogP contribution in [0.15, 0.2) is 34.6 Å². The van der Waals surface area contributed by atoms with E-state index in [2.05, 4.69) is 25.1 Å². The number of nitro groups is 1. The number of aryl methyl sites for hydroxylation is 1. The highest BCUT2D eigenvalue weighted by atomic mass is 32.2. The molecule has 0 saturated carbocycles. The maximum atomic E-state index is 12.5. The molecule has 0 unspecified atom stereocenters. The van der Waals surface area contributed by atoms with E-state index in [9.17, 15) is 19.7 Å². The van der Waals surface area contributed by atoms with Crippen molar-refractivity contribution in [2.24, 2.45) is 7.05 Å². The van der Waals surface area contributed by atoms with E-state index < -0.39 is 16.8 Å². The van der Waals surface area contributed by atoms with E-state index in [-0.39, 0.29) is 28.6 Å². The minimum atomic E-state index is -0.724. The summed E-state index contributed by atoms with van der Waals surface area (Å²) in [6.45, 7) is 1.77. The standard InChI is InChI=1S/C15H13N7O5S2/c1-3-27-14(24)11-13(29-20-18-11)17-12(23)8-4-5-10(9(6-8)22(25)26)28-15-19-16-7-21(15)2/h4-7H,3H2,1-2H3,(H,17,23). The van der Waals surface area contributed by atoms with Crippen molar-refractivity contribution in [3.8, 4) is 0 Å². The summed E-state index contributed by atoms with van der Waals surface area (Å²) in [6.07, 6.45) is 1.47. The van der Waals surface area contributed by atoms with E-state index in [4.69, 9.17) is 4.74 Å². The second kappa shape index (κ2) is 8.74. The molecule has 0 spiro atoms. The number of amides is 1. The van der Waals surface area contributed by atoms with Gasteiger partial charge in [0.15, 0.2) is 10.2 Å². The van der Waals surface area contributed by atoms with Crippen molar-refractivity contribution in [1.29, 1.82) is 0 Å². The maximum Gasteiger partial charge on any atom is 0.362 e. The second-order valence-electron chi connectivity index (χ2n) is 5.39. The van der Waals surface area contributed by atoms with Crippen LogP contribution in [-0.2, 0) is 11.8 Å². The third-order valence-corrected chi connectivity index (χ3v) is 5.23. The number of nitrogens with one attached hydrogen (secondary N) is 1. The highest BCUT2D eigenvalue weighted by molar-refractivity contribution is 7.99. The van der Waals surface area contributed by atoms with Crippen LogP contribution in [0.4, 0.5) is 10.7 Å². The Hall–Kier alpha value is -3.39. The Morgan fingerprint density at radius 2 is 2.17 bits per heavy atom. The number of ether oxygens (including phenoxy) is 1. The lowest BCUT2D eigenvalue weighted by molar-refractivity contribution is -0.387. The molecule has 1 aromatic carbocycles. The minimum absolute atomic E-state index is 0.0298. The molecule has 2 heterocycles. The van der Waals surface area contributed by atoms with Crippen molar-refractivity contribution in [2.75, 3.05) is 11.9 Å². The Labute approximate surface area is 171 Å². The predicted octanol–water partition coefficient (Wildman–Crippen LogP) is 2.15. The fourth-order valence-electron chi connectivity index (χ4n) is 2.13. The van der Waals surface area contributed by atoms with Gasteiger partial charge in [-0.05, 0) is 30.8 Å². The Balaban J connectivity index is 1.84. The fourth-order valence-corrected chi connectivity index (χ4v) is 3.53. The van der Waals surface area contributed by atoms with E-state index in [1.165, 1.54) is 18.5 Å². The number of esters is 1. The molecule has 1 N–H and O–H groups in total. The zero-order valence-electron chi connectivity index (χ0n) is 15.1. The van der Waals surface area contributed by atoms with Gasteiger partial charge in [-0.3, -0.25) is 14.9 Å². The van der Waals surface area contributed by atoms with Crippen molar-refractivity contribution in [1.82, 2.24) is 24.4 Å². The molecule has 0 saturated heterocycles. The average molecular weight is 435 g/mol. The summed E-state index contributed by atoms with van der Waals surface area (Å²) in [7, 11) is 1.71. The predicted molar refractivity (Wildman–Crippen MR) is 102 cm³/mol. The van der Waals surface area contributed by atoms with Crippen molar-refractivity contribution in [3.05, 3.63) is 45.9 Å². The number of aromatic nitrogens is 5. The van der Waals surface area contributed by atoms with Crippen LogP contribution in [0, 0.1) is 10.1 Å². The number of rotatable bonds is 7. The SMILES string of the molecule is CCOC(=O)c1nnsc1NC(=O)c1ccc(Sc2nncn2C)c([N+](=O)[O-])c1. The van der Waals surface area contributed by atoms with Gasteiger partial charge in [-0.15, -0.1) is 15.3 Å². The fraction of sp³-hybridized carbons (Fsp3) is 0.200. The van der Waals surface area contributed by atoms with E-state index in [1.807, 2.05) is 0 Å². The first-order valence-corrected chi connectivity index (χ1v) is 9.60. The number of carbonyl (C=O) groups excluding carboxylic acids is 2. The third kappa shape index (κ3) is 4.55. The Morgan fingerprint density at radius 1 is 1.38 bits per heavy atom. The monoisotopic (exact) mass is 435 g/mol. The zero-order valence-corrected chi connectivity index (χ0v) is 16.7. The van der Waals surface area contributed by atoms with Crippen LogP contribution in [0.3, 0.4) is 0 Å². The van der Waals surface area contributed by atoms with Gasteiger partial charge in [0.2, 0.25) is 5.69 Å². The molecule has 0 aliphatic rings. The van der Waals surface area contributed by atoms with Gasteiger partial charge in [0.25, 0.3) is 11.6 Å². The first-order valence-electron chi connectivity index (χ1n) is 8.01. The summed E-state index contributed by atoms with van der Waals surface area (Å²) >= 11 is 1.85. The molecule has 0 bridgehead atoms.